The maximum absolute atomic E-state index is 2.49. The normalized spacial score (nSPS) is 13.2. The van der Waals surface area contributed by atoms with Crippen molar-refractivity contribution < 1.29 is 0 Å². The third-order valence-corrected chi connectivity index (χ3v) is 14.3. The third kappa shape index (κ3) is 4.55. The van der Waals surface area contributed by atoms with Gasteiger partial charge in [-0.1, -0.05) is 170 Å². The summed E-state index contributed by atoms with van der Waals surface area (Å²) in [7, 11) is 0. The van der Waals surface area contributed by atoms with Gasteiger partial charge in [-0.15, -0.1) is 11.3 Å². The van der Waals surface area contributed by atoms with Crippen LogP contribution >= 0.6 is 11.3 Å². The molecule has 0 aliphatic heterocycles. The van der Waals surface area contributed by atoms with Crippen LogP contribution in [0, 0.1) is 0 Å². The highest BCUT2D eigenvalue weighted by Gasteiger charge is 2.51. The van der Waals surface area contributed by atoms with Crippen molar-refractivity contribution in [2.24, 2.45) is 0 Å². The molecule has 2 heteroatoms. The predicted molar refractivity (Wildman–Crippen MR) is 251 cm³/mol. The number of hydrogen-bond acceptors (Lipinski definition) is 2. The fraction of sp³-hybridized carbons (Fsp3) is 0.0175. The molecular formula is C57H35NS. The van der Waals surface area contributed by atoms with Crippen LogP contribution in [-0.2, 0) is 5.41 Å². The molecule has 274 valence electrons. The van der Waals surface area contributed by atoms with Gasteiger partial charge in [0.05, 0.1) is 5.41 Å². The van der Waals surface area contributed by atoms with Crippen molar-refractivity contribution in [1.29, 1.82) is 0 Å². The molecule has 11 aromatic rings. The quantitative estimate of drug-likeness (QED) is 0.161. The first-order chi connectivity index (χ1) is 29.3. The Kier molecular flexibility index (Phi) is 6.87. The molecule has 0 amide bonds. The Morgan fingerprint density at radius 2 is 0.847 bits per heavy atom. The first-order valence-corrected chi connectivity index (χ1v) is 21.2. The van der Waals surface area contributed by atoms with Gasteiger partial charge >= 0.3 is 0 Å². The number of nitrogens with zero attached hydrogens (tertiary/aromatic N) is 1. The molecule has 1 aromatic heterocycles. The molecule has 1 nitrogen and oxygen atoms in total. The SMILES string of the molecule is c1ccc2c(c1)-c1ccccc1C21c2ccccc2-c2ccc(N(c3ccc(-c4cccc5c4sc4ccccc45)cc3)c3ccc4c(ccc5ccccc54)c3)cc21. The van der Waals surface area contributed by atoms with Gasteiger partial charge in [-0.2, -0.15) is 0 Å². The first-order valence-electron chi connectivity index (χ1n) is 20.4. The van der Waals surface area contributed by atoms with Crippen molar-refractivity contribution in [2.45, 2.75) is 5.41 Å². The molecule has 0 unspecified atom stereocenters. The van der Waals surface area contributed by atoms with E-state index in [1.54, 1.807) is 0 Å². The van der Waals surface area contributed by atoms with Crippen molar-refractivity contribution in [3.63, 3.8) is 0 Å². The predicted octanol–water partition coefficient (Wildman–Crippen LogP) is 15.8. The van der Waals surface area contributed by atoms with E-state index in [4.69, 9.17) is 0 Å². The zero-order valence-electron chi connectivity index (χ0n) is 32.1. The maximum Gasteiger partial charge on any atom is 0.0726 e. The molecule has 0 atom stereocenters. The van der Waals surface area contributed by atoms with Gasteiger partial charge in [-0.05, 0) is 120 Å². The number of anilines is 3. The van der Waals surface area contributed by atoms with Gasteiger partial charge in [-0.25, -0.2) is 0 Å². The van der Waals surface area contributed by atoms with Gasteiger partial charge in [0.2, 0.25) is 0 Å². The molecule has 1 spiro atoms. The van der Waals surface area contributed by atoms with Gasteiger partial charge < -0.3 is 4.90 Å². The molecule has 0 saturated heterocycles. The minimum atomic E-state index is -0.421. The standard InChI is InChI=1S/C57H35NS/c1-2-13-42-36(12-1)24-25-38-34-40(30-32-43(38)42)58(39-28-26-37(27-29-39)44-18-11-19-50-49-17-6-10-23-55(49)59-56(44)50)41-31-33-48-47-16-5-9-22-53(47)57(54(48)35-41)51-20-7-3-14-45(51)46-15-4-8-21-52(46)57/h1-35H. The highest BCUT2D eigenvalue weighted by molar-refractivity contribution is 7.26. The smallest absolute Gasteiger partial charge is 0.0726 e. The van der Waals surface area contributed by atoms with Gasteiger partial charge in [0.15, 0.2) is 0 Å². The van der Waals surface area contributed by atoms with Crippen LogP contribution in [0.25, 0.3) is 75.1 Å². The molecule has 0 saturated carbocycles. The minimum Gasteiger partial charge on any atom is -0.310 e. The number of hydrogen-bond donors (Lipinski definition) is 0. The Hall–Kier alpha value is -7.26. The lowest BCUT2D eigenvalue weighted by atomic mass is 9.70. The van der Waals surface area contributed by atoms with E-state index < -0.39 is 5.41 Å². The van der Waals surface area contributed by atoms with Crippen molar-refractivity contribution in [2.75, 3.05) is 4.90 Å². The molecule has 2 aliphatic rings. The molecule has 0 radical (unpaired) electrons. The van der Waals surface area contributed by atoms with E-state index in [0.717, 1.165) is 17.1 Å². The summed E-state index contributed by atoms with van der Waals surface area (Å²) in [5.41, 5.74) is 16.1. The van der Waals surface area contributed by atoms with E-state index in [1.165, 1.54) is 97.4 Å². The second-order valence-electron chi connectivity index (χ2n) is 16.0. The molecule has 1 heterocycles. The molecule has 13 rings (SSSR count). The van der Waals surface area contributed by atoms with Crippen LogP contribution in [0.15, 0.2) is 212 Å². The summed E-state index contributed by atoms with van der Waals surface area (Å²) in [5, 5.41) is 7.67. The number of fused-ring (bicyclic) bond motifs is 16. The summed E-state index contributed by atoms with van der Waals surface area (Å²) in [6.07, 6.45) is 0. The van der Waals surface area contributed by atoms with Crippen LogP contribution in [0.2, 0.25) is 0 Å². The summed E-state index contributed by atoms with van der Waals surface area (Å²) in [6.45, 7) is 0. The average molecular weight is 766 g/mol. The number of rotatable bonds is 4. The Balaban J connectivity index is 1.03. The van der Waals surface area contributed by atoms with Gasteiger partial charge in [0.25, 0.3) is 0 Å². The van der Waals surface area contributed by atoms with Gasteiger partial charge in [0, 0.05) is 37.2 Å². The van der Waals surface area contributed by atoms with E-state index >= 15 is 0 Å². The summed E-state index contributed by atoms with van der Waals surface area (Å²) in [6, 6.07) is 79.3. The Bertz CT molecular complexity index is 3450. The lowest BCUT2D eigenvalue weighted by Crippen LogP contribution is -2.26. The number of benzene rings is 10. The molecule has 59 heavy (non-hydrogen) atoms. The summed E-state index contributed by atoms with van der Waals surface area (Å²) < 4.78 is 2.66. The second-order valence-corrected chi connectivity index (χ2v) is 17.0. The molecule has 10 aromatic carbocycles. The summed E-state index contributed by atoms with van der Waals surface area (Å²) in [4.78, 5) is 2.46. The fourth-order valence-corrected chi connectivity index (χ4v) is 11.8. The summed E-state index contributed by atoms with van der Waals surface area (Å²) >= 11 is 1.88. The van der Waals surface area contributed by atoms with Crippen LogP contribution in [0.5, 0.6) is 0 Å². The van der Waals surface area contributed by atoms with E-state index in [1.807, 2.05) is 11.3 Å². The Morgan fingerprint density at radius 1 is 0.322 bits per heavy atom. The van der Waals surface area contributed by atoms with Crippen LogP contribution in [0.3, 0.4) is 0 Å². The van der Waals surface area contributed by atoms with Crippen LogP contribution in [-0.4, -0.2) is 0 Å². The Labute approximate surface area is 346 Å². The number of thiophene rings is 1. The highest BCUT2D eigenvalue weighted by Crippen LogP contribution is 2.63. The van der Waals surface area contributed by atoms with Crippen molar-refractivity contribution in [3.8, 4) is 33.4 Å². The van der Waals surface area contributed by atoms with E-state index in [-0.39, 0.29) is 0 Å². The van der Waals surface area contributed by atoms with Crippen molar-refractivity contribution in [1.82, 2.24) is 0 Å². The van der Waals surface area contributed by atoms with E-state index in [2.05, 4.69) is 217 Å². The third-order valence-electron chi connectivity index (χ3n) is 13.1. The van der Waals surface area contributed by atoms with E-state index in [9.17, 15) is 0 Å². The minimum absolute atomic E-state index is 0.421. The molecule has 0 N–H and O–H groups in total. The van der Waals surface area contributed by atoms with Crippen LogP contribution < -0.4 is 4.90 Å². The zero-order chi connectivity index (χ0) is 38.7. The summed E-state index contributed by atoms with van der Waals surface area (Å²) in [5.74, 6) is 0. The molecular weight excluding hydrogens is 731 g/mol. The maximum atomic E-state index is 2.49. The topological polar surface area (TPSA) is 3.24 Å². The van der Waals surface area contributed by atoms with Crippen LogP contribution in [0.1, 0.15) is 22.3 Å². The van der Waals surface area contributed by atoms with Gasteiger partial charge in [0.1, 0.15) is 0 Å². The van der Waals surface area contributed by atoms with Crippen LogP contribution in [0.4, 0.5) is 17.1 Å². The van der Waals surface area contributed by atoms with E-state index in [0.29, 0.717) is 0 Å². The fourth-order valence-electron chi connectivity index (χ4n) is 10.6. The van der Waals surface area contributed by atoms with Gasteiger partial charge in [-0.3, -0.25) is 0 Å². The highest BCUT2D eigenvalue weighted by atomic mass is 32.1. The first kappa shape index (κ1) is 32.8. The monoisotopic (exact) mass is 765 g/mol. The van der Waals surface area contributed by atoms with Crippen molar-refractivity contribution in [3.05, 3.63) is 235 Å². The lowest BCUT2D eigenvalue weighted by molar-refractivity contribution is 0.793. The largest absolute Gasteiger partial charge is 0.310 e. The molecule has 0 bridgehead atoms. The average Bonchev–Trinajstić information content (AvgIpc) is 3.93. The zero-order valence-corrected chi connectivity index (χ0v) is 32.9. The molecule has 2 aliphatic carbocycles. The Morgan fingerprint density at radius 3 is 1.59 bits per heavy atom. The lowest BCUT2D eigenvalue weighted by Gasteiger charge is -2.32. The second kappa shape index (κ2) is 12.4. The van der Waals surface area contributed by atoms with Crippen molar-refractivity contribution >= 4 is 70.1 Å². The molecule has 0 fully saturated rings.